The predicted molar refractivity (Wildman–Crippen MR) is 103 cm³/mol. The van der Waals surface area contributed by atoms with Crippen LogP contribution in [-0.2, 0) is 6.54 Å². The molecule has 0 bridgehead atoms. The Bertz CT molecular complexity index is 1050. The lowest BCUT2D eigenvalue weighted by atomic mass is 10.0. The molecule has 5 heteroatoms. The summed E-state index contributed by atoms with van der Waals surface area (Å²) in [4.78, 5) is 0. The highest BCUT2D eigenvalue weighted by molar-refractivity contribution is 5.80. The summed E-state index contributed by atoms with van der Waals surface area (Å²) in [5.74, 6) is 1.81. The number of hydrogen-bond donors (Lipinski definition) is 1. The molecule has 26 heavy (non-hydrogen) atoms. The second kappa shape index (κ2) is 6.88. The van der Waals surface area contributed by atoms with Crippen LogP contribution in [0.3, 0.4) is 0 Å². The Morgan fingerprint density at radius 3 is 2.62 bits per heavy atom. The third-order valence-electron chi connectivity index (χ3n) is 4.54. The Kier molecular flexibility index (Phi) is 4.27. The van der Waals surface area contributed by atoms with Gasteiger partial charge in [0, 0.05) is 17.7 Å². The van der Waals surface area contributed by atoms with Gasteiger partial charge in [-0.1, -0.05) is 42.5 Å². The summed E-state index contributed by atoms with van der Waals surface area (Å²) in [6.07, 6.45) is 1.74. The van der Waals surface area contributed by atoms with Crippen LogP contribution in [0.25, 0.3) is 16.8 Å². The molecule has 0 aliphatic rings. The lowest BCUT2D eigenvalue weighted by Gasteiger charge is -2.13. The number of benzene rings is 2. The molecule has 0 fully saturated rings. The topological polar surface area (TPSA) is 51.5 Å². The molecule has 2 aromatic heterocycles. The van der Waals surface area contributed by atoms with Crippen molar-refractivity contribution in [3.63, 3.8) is 0 Å². The second-order valence-corrected chi connectivity index (χ2v) is 6.14. The summed E-state index contributed by atoms with van der Waals surface area (Å²) < 4.78 is 7.41. The summed E-state index contributed by atoms with van der Waals surface area (Å²) >= 11 is 0. The quantitative estimate of drug-likeness (QED) is 0.586. The number of rotatable bonds is 5. The molecule has 0 spiro atoms. The molecule has 0 saturated heterocycles. The maximum absolute atomic E-state index is 5.42. The number of aromatic nitrogens is 3. The average molecular weight is 344 g/mol. The summed E-state index contributed by atoms with van der Waals surface area (Å²) in [5, 5.41) is 11.9. The number of methoxy groups -OCH3 is 1. The zero-order valence-electron chi connectivity index (χ0n) is 14.8. The van der Waals surface area contributed by atoms with E-state index >= 15 is 0 Å². The minimum Gasteiger partial charge on any atom is -0.496 e. The van der Waals surface area contributed by atoms with Crippen molar-refractivity contribution >= 4 is 11.5 Å². The number of anilines is 1. The number of nitrogens with one attached hydrogen (secondary N) is 1. The fourth-order valence-electron chi connectivity index (χ4n) is 3.18. The molecule has 0 amide bonds. The largest absolute Gasteiger partial charge is 0.496 e. The fourth-order valence-corrected chi connectivity index (χ4v) is 3.18. The molecular weight excluding hydrogens is 324 g/mol. The van der Waals surface area contributed by atoms with E-state index in [4.69, 9.17) is 4.74 Å². The van der Waals surface area contributed by atoms with Crippen molar-refractivity contribution in [1.82, 2.24) is 14.6 Å². The van der Waals surface area contributed by atoms with E-state index in [9.17, 15) is 0 Å². The van der Waals surface area contributed by atoms with Crippen molar-refractivity contribution < 1.29 is 4.74 Å². The molecule has 0 radical (unpaired) electrons. The summed E-state index contributed by atoms with van der Waals surface area (Å²) in [7, 11) is 1.69. The first-order valence-corrected chi connectivity index (χ1v) is 8.52. The van der Waals surface area contributed by atoms with Gasteiger partial charge >= 0.3 is 0 Å². The summed E-state index contributed by atoms with van der Waals surface area (Å²) in [5.41, 5.74) is 5.39. The van der Waals surface area contributed by atoms with Crippen molar-refractivity contribution in [1.29, 1.82) is 0 Å². The molecule has 1 N–H and O–H groups in total. The van der Waals surface area contributed by atoms with E-state index in [1.807, 2.05) is 34.7 Å². The van der Waals surface area contributed by atoms with Gasteiger partial charge in [-0.05, 0) is 36.2 Å². The highest BCUT2D eigenvalue weighted by Gasteiger charge is 2.11. The SMILES string of the molecule is COc1ccccc1CNc1ccc(-c2ccccc2C)c2nncn12. The Morgan fingerprint density at radius 1 is 0.962 bits per heavy atom. The van der Waals surface area contributed by atoms with Crippen LogP contribution in [0.15, 0.2) is 67.0 Å². The van der Waals surface area contributed by atoms with Gasteiger partial charge < -0.3 is 10.1 Å². The van der Waals surface area contributed by atoms with Crippen molar-refractivity contribution in [2.45, 2.75) is 13.5 Å². The Labute approximate surface area is 152 Å². The number of pyridine rings is 1. The van der Waals surface area contributed by atoms with Crippen molar-refractivity contribution in [2.24, 2.45) is 0 Å². The molecular formula is C21H20N4O. The van der Waals surface area contributed by atoms with Gasteiger partial charge in [-0.2, -0.15) is 0 Å². The number of aryl methyl sites for hydroxylation is 1. The van der Waals surface area contributed by atoms with Crippen LogP contribution < -0.4 is 10.1 Å². The Hall–Kier alpha value is -3.34. The van der Waals surface area contributed by atoms with Crippen LogP contribution in [0.5, 0.6) is 5.75 Å². The number of hydrogen-bond acceptors (Lipinski definition) is 4. The third-order valence-corrected chi connectivity index (χ3v) is 4.54. The predicted octanol–water partition coefficient (Wildman–Crippen LogP) is 4.33. The first kappa shape index (κ1) is 16.1. The van der Waals surface area contributed by atoms with Crippen molar-refractivity contribution in [3.8, 4) is 16.9 Å². The molecule has 0 unspecified atom stereocenters. The lowest BCUT2D eigenvalue weighted by molar-refractivity contribution is 0.410. The maximum Gasteiger partial charge on any atom is 0.170 e. The summed E-state index contributed by atoms with van der Waals surface area (Å²) in [6, 6.07) is 20.5. The van der Waals surface area contributed by atoms with Crippen LogP contribution in [0.2, 0.25) is 0 Å². The van der Waals surface area contributed by atoms with E-state index in [1.54, 1.807) is 13.4 Å². The van der Waals surface area contributed by atoms with Gasteiger partial charge in [-0.3, -0.25) is 4.40 Å². The zero-order chi connectivity index (χ0) is 17.9. The van der Waals surface area contributed by atoms with Gasteiger partial charge in [0.1, 0.15) is 17.9 Å². The number of fused-ring (bicyclic) bond motifs is 1. The van der Waals surface area contributed by atoms with Crippen LogP contribution in [0, 0.1) is 6.92 Å². The van der Waals surface area contributed by atoms with Crippen LogP contribution in [0.4, 0.5) is 5.82 Å². The van der Waals surface area contributed by atoms with Crippen LogP contribution in [0.1, 0.15) is 11.1 Å². The molecule has 0 atom stereocenters. The van der Waals surface area contributed by atoms with E-state index in [0.717, 1.165) is 28.3 Å². The lowest BCUT2D eigenvalue weighted by Crippen LogP contribution is -2.05. The normalized spacial score (nSPS) is 10.8. The van der Waals surface area contributed by atoms with Gasteiger partial charge in [-0.15, -0.1) is 10.2 Å². The molecule has 5 nitrogen and oxygen atoms in total. The van der Waals surface area contributed by atoms with E-state index in [-0.39, 0.29) is 0 Å². The van der Waals surface area contributed by atoms with E-state index in [2.05, 4.69) is 52.8 Å². The maximum atomic E-state index is 5.42. The number of para-hydroxylation sites is 1. The smallest absolute Gasteiger partial charge is 0.170 e. The highest BCUT2D eigenvalue weighted by atomic mass is 16.5. The van der Waals surface area contributed by atoms with Crippen molar-refractivity contribution in [2.75, 3.05) is 12.4 Å². The van der Waals surface area contributed by atoms with Gasteiger partial charge in [0.2, 0.25) is 0 Å². The van der Waals surface area contributed by atoms with Gasteiger partial charge in [-0.25, -0.2) is 0 Å². The molecule has 130 valence electrons. The van der Waals surface area contributed by atoms with Crippen LogP contribution >= 0.6 is 0 Å². The third kappa shape index (κ3) is 2.88. The molecule has 0 aliphatic carbocycles. The summed E-state index contributed by atoms with van der Waals surface area (Å²) in [6.45, 7) is 2.76. The molecule has 0 saturated carbocycles. The molecule has 4 rings (SSSR count). The molecule has 2 aromatic carbocycles. The molecule has 2 heterocycles. The number of nitrogens with zero attached hydrogens (tertiary/aromatic N) is 3. The first-order valence-electron chi connectivity index (χ1n) is 8.52. The second-order valence-electron chi connectivity index (χ2n) is 6.14. The average Bonchev–Trinajstić information content (AvgIpc) is 3.17. The van der Waals surface area contributed by atoms with E-state index in [1.165, 1.54) is 11.1 Å². The van der Waals surface area contributed by atoms with Crippen LogP contribution in [-0.4, -0.2) is 21.7 Å². The molecule has 0 aliphatic heterocycles. The van der Waals surface area contributed by atoms with E-state index < -0.39 is 0 Å². The fraction of sp³-hybridized carbons (Fsp3) is 0.143. The van der Waals surface area contributed by atoms with E-state index in [0.29, 0.717) is 6.54 Å². The van der Waals surface area contributed by atoms with Gasteiger partial charge in [0.05, 0.1) is 7.11 Å². The minimum absolute atomic E-state index is 0.654. The number of ether oxygens (including phenoxy) is 1. The van der Waals surface area contributed by atoms with Crippen molar-refractivity contribution in [3.05, 3.63) is 78.1 Å². The monoisotopic (exact) mass is 344 g/mol. The zero-order valence-corrected chi connectivity index (χ0v) is 14.8. The first-order chi connectivity index (χ1) is 12.8. The highest BCUT2D eigenvalue weighted by Crippen LogP contribution is 2.29. The van der Waals surface area contributed by atoms with Gasteiger partial charge in [0.15, 0.2) is 5.65 Å². The molecule has 4 aromatic rings. The van der Waals surface area contributed by atoms with Gasteiger partial charge in [0.25, 0.3) is 0 Å². The minimum atomic E-state index is 0.654. The Morgan fingerprint density at radius 2 is 1.77 bits per heavy atom. The standard InChI is InChI=1S/C21H20N4O/c1-15-7-3-5-9-17(15)18-11-12-20(25-14-23-24-21(18)25)22-13-16-8-4-6-10-19(16)26-2/h3-12,14,22H,13H2,1-2H3. The Balaban J connectivity index is 1.69.